The van der Waals surface area contributed by atoms with Gasteiger partial charge in [-0.05, 0) is 47.7 Å². The number of amides is 2. The second kappa shape index (κ2) is 6.97. The fraction of sp³-hybridized carbons (Fsp3) is 0.0588. The summed E-state index contributed by atoms with van der Waals surface area (Å²) in [6, 6.07) is 10.6. The first-order chi connectivity index (χ1) is 11.5. The van der Waals surface area contributed by atoms with Gasteiger partial charge >= 0.3 is 0 Å². The first-order valence-electron chi connectivity index (χ1n) is 6.89. The van der Waals surface area contributed by atoms with Crippen LogP contribution in [0.3, 0.4) is 0 Å². The summed E-state index contributed by atoms with van der Waals surface area (Å²) < 4.78 is 12.9. The third kappa shape index (κ3) is 3.48. The summed E-state index contributed by atoms with van der Waals surface area (Å²) in [5.74, 6) is -0.800. The molecule has 0 aliphatic carbocycles. The highest BCUT2D eigenvalue weighted by Gasteiger charge is 2.35. The molecule has 0 atom stereocenters. The van der Waals surface area contributed by atoms with Crippen LogP contribution in [0.25, 0.3) is 6.08 Å². The van der Waals surface area contributed by atoms with Crippen molar-refractivity contribution in [1.82, 2.24) is 4.90 Å². The van der Waals surface area contributed by atoms with Gasteiger partial charge in [0.1, 0.15) is 5.82 Å². The Morgan fingerprint density at radius 3 is 2.29 bits per heavy atom. The quantitative estimate of drug-likeness (QED) is 0.670. The summed E-state index contributed by atoms with van der Waals surface area (Å²) in [5, 5.41) is 0.402. The van der Waals surface area contributed by atoms with Crippen molar-refractivity contribution >= 4 is 52.2 Å². The largest absolute Gasteiger partial charge is 0.293 e. The van der Waals surface area contributed by atoms with Crippen LogP contribution in [0.15, 0.2) is 47.4 Å². The molecule has 0 aromatic heterocycles. The lowest BCUT2D eigenvalue weighted by Crippen LogP contribution is -2.27. The molecule has 1 heterocycles. The summed E-state index contributed by atoms with van der Waals surface area (Å²) in [5.41, 5.74) is 1.16. The van der Waals surface area contributed by atoms with Gasteiger partial charge in [0.05, 0.1) is 11.4 Å². The maximum absolute atomic E-state index is 12.9. The Labute approximate surface area is 152 Å². The highest BCUT2D eigenvalue weighted by Crippen LogP contribution is 2.36. The van der Waals surface area contributed by atoms with E-state index in [2.05, 4.69) is 0 Å². The number of rotatable bonds is 3. The molecule has 24 heavy (non-hydrogen) atoms. The Morgan fingerprint density at radius 2 is 1.67 bits per heavy atom. The Kier molecular flexibility index (Phi) is 4.94. The third-order valence-corrected chi connectivity index (χ3v) is 4.97. The summed E-state index contributed by atoms with van der Waals surface area (Å²) in [6.45, 7) is 0.0819. The van der Waals surface area contributed by atoms with Gasteiger partial charge < -0.3 is 0 Å². The van der Waals surface area contributed by atoms with E-state index < -0.39 is 11.1 Å². The highest BCUT2D eigenvalue weighted by molar-refractivity contribution is 8.18. The Balaban J connectivity index is 1.86. The molecule has 0 N–H and O–H groups in total. The van der Waals surface area contributed by atoms with Crippen molar-refractivity contribution in [2.24, 2.45) is 0 Å². The van der Waals surface area contributed by atoms with Crippen LogP contribution in [-0.4, -0.2) is 16.0 Å². The highest BCUT2D eigenvalue weighted by atomic mass is 35.5. The first kappa shape index (κ1) is 17.0. The minimum atomic E-state index is -0.426. The molecular weight excluding hydrogens is 372 g/mol. The summed E-state index contributed by atoms with van der Waals surface area (Å²) in [6.07, 6.45) is 1.51. The molecule has 3 nitrogen and oxygen atoms in total. The molecule has 122 valence electrons. The molecule has 2 aromatic rings. The molecule has 0 radical (unpaired) electrons. The van der Waals surface area contributed by atoms with Crippen LogP contribution in [0.1, 0.15) is 11.1 Å². The Morgan fingerprint density at radius 1 is 1.04 bits per heavy atom. The molecule has 1 aliphatic rings. The molecule has 1 fully saturated rings. The Bertz CT molecular complexity index is 832. The molecule has 2 aromatic carbocycles. The molecular formula is C17H10Cl2FNO2S. The zero-order chi connectivity index (χ0) is 17.3. The van der Waals surface area contributed by atoms with E-state index in [1.165, 1.54) is 30.3 Å². The molecule has 3 rings (SSSR count). The lowest BCUT2D eigenvalue weighted by molar-refractivity contribution is -0.123. The van der Waals surface area contributed by atoms with E-state index in [0.717, 1.165) is 16.7 Å². The van der Waals surface area contributed by atoms with Crippen LogP contribution < -0.4 is 0 Å². The van der Waals surface area contributed by atoms with Crippen molar-refractivity contribution in [2.75, 3.05) is 0 Å². The summed E-state index contributed by atoms with van der Waals surface area (Å²) >= 11 is 13.0. The van der Waals surface area contributed by atoms with Gasteiger partial charge in [0.25, 0.3) is 11.1 Å². The fourth-order valence-corrected chi connectivity index (χ4v) is 3.51. The predicted octanol–water partition coefficient (Wildman–Crippen LogP) is 5.37. The van der Waals surface area contributed by atoms with Crippen molar-refractivity contribution < 1.29 is 14.0 Å². The second-order valence-electron chi connectivity index (χ2n) is 5.03. The Hall–Kier alpha value is -1.82. The molecule has 0 saturated carbocycles. The topological polar surface area (TPSA) is 37.4 Å². The smallest absolute Gasteiger partial charge is 0.268 e. The van der Waals surface area contributed by atoms with Gasteiger partial charge in [-0.25, -0.2) is 4.39 Å². The molecule has 0 spiro atoms. The number of halogens is 3. The van der Waals surface area contributed by atoms with Gasteiger partial charge in [0, 0.05) is 15.6 Å². The average Bonchev–Trinajstić information content (AvgIpc) is 2.80. The van der Waals surface area contributed by atoms with E-state index in [9.17, 15) is 14.0 Å². The fourth-order valence-electron chi connectivity index (χ4n) is 2.19. The molecule has 2 amide bonds. The SMILES string of the molecule is O=C1S/C(=C\c2c(Cl)cccc2Cl)C(=O)N1Cc1ccc(F)cc1. The average molecular weight is 382 g/mol. The van der Waals surface area contributed by atoms with Crippen LogP contribution in [0.4, 0.5) is 9.18 Å². The summed E-state index contributed by atoms with van der Waals surface area (Å²) in [7, 11) is 0. The van der Waals surface area contributed by atoms with Crippen molar-refractivity contribution in [3.05, 3.63) is 74.4 Å². The zero-order valence-corrected chi connectivity index (χ0v) is 14.5. The minimum Gasteiger partial charge on any atom is -0.268 e. The zero-order valence-electron chi connectivity index (χ0n) is 12.1. The van der Waals surface area contributed by atoms with E-state index in [0.29, 0.717) is 21.2 Å². The first-order valence-corrected chi connectivity index (χ1v) is 8.47. The normalized spacial score (nSPS) is 16.3. The molecule has 0 bridgehead atoms. The lowest BCUT2D eigenvalue weighted by Gasteiger charge is -2.12. The molecule has 0 unspecified atom stereocenters. The maximum Gasteiger partial charge on any atom is 0.293 e. The van der Waals surface area contributed by atoms with Gasteiger partial charge in [-0.2, -0.15) is 0 Å². The number of hydrogen-bond donors (Lipinski definition) is 0. The lowest BCUT2D eigenvalue weighted by atomic mass is 10.2. The number of thioether (sulfide) groups is 1. The number of benzene rings is 2. The van der Waals surface area contributed by atoms with Crippen LogP contribution in [0, 0.1) is 5.82 Å². The maximum atomic E-state index is 12.9. The molecule has 7 heteroatoms. The van der Waals surface area contributed by atoms with Gasteiger partial charge in [-0.3, -0.25) is 14.5 Å². The van der Waals surface area contributed by atoms with Crippen LogP contribution in [-0.2, 0) is 11.3 Å². The minimum absolute atomic E-state index is 0.0819. The number of imide groups is 1. The molecule has 1 aliphatic heterocycles. The standard InChI is InChI=1S/C17H10Cl2FNO2S/c18-13-2-1-3-14(19)12(13)8-15-16(22)21(17(23)24-15)9-10-4-6-11(20)7-5-10/h1-8H,9H2/b15-8-. The summed E-state index contributed by atoms with van der Waals surface area (Å²) in [4.78, 5) is 25.9. The second-order valence-corrected chi connectivity index (χ2v) is 6.84. The third-order valence-electron chi connectivity index (χ3n) is 3.40. The van der Waals surface area contributed by atoms with Crippen LogP contribution in [0.5, 0.6) is 0 Å². The van der Waals surface area contributed by atoms with Crippen molar-refractivity contribution in [3.63, 3.8) is 0 Å². The van der Waals surface area contributed by atoms with E-state index >= 15 is 0 Å². The van der Waals surface area contributed by atoms with E-state index in [-0.39, 0.29) is 17.3 Å². The molecule has 1 saturated heterocycles. The van der Waals surface area contributed by atoms with E-state index in [1.807, 2.05) is 0 Å². The van der Waals surface area contributed by atoms with Crippen LogP contribution in [0.2, 0.25) is 10.0 Å². The van der Waals surface area contributed by atoms with Gasteiger partial charge in [-0.15, -0.1) is 0 Å². The van der Waals surface area contributed by atoms with E-state index in [4.69, 9.17) is 23.2 Å². The number of carbonyl (C=O) groups excluding carboxylic acids is 2. The van der Waals surface area contributed by atoms with Gasteiger partial charge in [0.15, 0.2) is 0 Å². The number of hydrogen-bond acceptors (Lipinski definition) is 3. The monoisotopic (exact) mass is 381 g/mol. The van der Waals surface area contributed by atoms with E-state index in [1.54, 1.807) is 18.2 Å². The van der Waals surface area contributed by atoms with Gasteiger partial charge in [-0.1, -0.05) is 41.4 Å². The number of nitrogens with zero attached hydrogens (tertiary/aromatic N) is 1. The van der Waals surface area contributed by atoms with Gasteiger partial charge in [0.2, 0.25) is 0 Å². The van der Waals surface area contributed by atoms with Crippen molar-refractivity contribution in [3.8, 4) is 0 Å². The number of carbonyl (C=O) groups is 2. The predicted molar refractivity (Wildman–Crippen MR) is 94.4 cm³/mol. The van der Waals surface area contributed by atoms with Crippen molar-refractivity contribution in [2.45, 2.75) is 6.54 Å². The van der Waals surface area contributed by atoms with Crippen LogP contribution >= 0.6 is 35.0 Å². The van der Waals surface area contributed by atoms with Crippen molar-refractivity contribution in [1.29, 1.82) is 0 Å².